The van der Waals surface area contributed by atoms with Crippen LogP contribution in [0.2, 0.25) is 0 Å². The molecule has 0 spiro atoms. The number of alkyl halides is 3. The van der Waals surface area contributed by atoms with Gasteiger partial charge in [0.25, 0.3) is 0 Å². The highest BCUT2D eigenvalue weighted by atomic mass is 32.2. The van der Waals surface area contributed by atoms with E-state index in [1.165, 1.54) is 5.32 Å². The first-order valence-corrected chi connectivity index (χ1v) is 6.72. The second-order valence-electron chi connectivity index (χ2n) is 4.14. The van der Waals surface area contributed by atoms with Gasteiger partial charge < -0.3 is 15.7 Å². The lowest BCUT2D eigenvalue weighted by Crippen LogP contribution is -2.63. The Hall–Kier alpha value is -1.12. The van der Waals surface area contributed by atoms with Gasteiger partial charge in [0, 0.05) is 11.8 Å². The Morgan fingerprint density at radius 2 is 1.89 bits per heavy atom. The topological polar surface area (TPSA) is 78.4 Å². The largest absolute Gasteiger partial charge is 0.479 e. The molecule has 0 saturated carbocycles. The Labute approximate surface area is 113 Å². The molecule has 0 fully saturated rings. The van der Waals surface area contributed by atoms with Gasteiger partial charge in [-0.05, 0) is 19.6 Å². The molecular formula is C10H17F3N2O3S. The first-order chi connectivity index (χ1) is 8.54. The van der Waals surface area contributed by atoms with E-state index < -0.39 is 23.7 Å². The van der Waals surface area contributed by atoms with Gasteiger partial charge in [0.2, 0.25) is 5.54 Å². The van der Waals surface area contributed by atoms with Crippen LogP contribution in [0.4, 0.5) is 18.0 Å². The van der Waals surface area contributed by atoms with Crippen LogP contribution in [0.1, 0.15) is 20.3 Å². The summed E-state index contributed by atoms with van der Waals surface area (Å²) in [6, 6.07) is -1.16. The fraction of sp³-hybridized carbons (Fsp3) is 0.800. The number of halogens is 3. The summed E-state index contributed by atoms with van der Waals surface area (Å²) in [5.74, 6) is -2.16. The van der Waals surface area contributed by atoms with Gasteiger partial charge in [-0.25, -0.2) is 9.59 Å². The number of hydrogen-bond acceptors (Lipinski definition) is 3. The van der Waals surface area contributed by atoms with Crippen molar-refractivity contribution in [2.75, 3.05) is 12.8 Å². The van der Waals surface area contributed by atoms with Gasteiger partial charge in [0.1, 0.15) is 0 Å². The van der Waals surface area contributed by atoms with Crippen LogP contribution in [0.25, 0.3) is 0 Å². The third-order valence-corrected chi connectivity index (χ3v) is 3.64. The Bertz CT molecular complexity index is 338. The summed E-state index contributed by atoms with van der Waals surface area (Å²) in [7, 11) is 0. The Kier molecular flexibility index (Phi) is 6.47. The Balaban J connectivity index is 4.47. The highest BCUT2D eigenvalue weighted by Crippen LogP contribution is 2.30. The molecule has 0 aromatic rings. The van der Waals surface area contributed by atoms with Crippen LogP contribution < -0.4 is 10.6 Å². The quantitative estimate of drug-likeness (QED) is 0.699. The van der Waals surface area contributed by atoms with Crippen molar-refractivity contribution < 1.29 is 27.9 Å². The lowest BCUT2D eigenvalue weighted by molar-refractivity contribution is -0.203. The molecule has 0 aliphatic rings. The number of carboxylic acids is 1. The number of thioether (sulfide) groups is 1. The molecular weight excluding hydrogens is 285 g/mol. The summed E-state index contributed by atoms with van der Waals surface area (Å²) < 4.78 is 37.8. The third-order valence-electron chi connectivity index (χ3n) is 2.60. The maximum Gasteiger partial charge on any atom is 0.422 e. The van der Waals surface area contributed by atoms with Gasteiger partial charge in [-0.2, -0.15) is 24.9 Å². The third kappa shape index (κ3) is 5.17. The molecule has 19 heavy (non-hydrogen) atoms. The molecule has 5 nitrogen and oxygen atoms in total. The second-order valence-corrected chi connectivity index (χ2v) is 5.42. The van der Waals surface area contributed by atoms with Gasteiger partial charge in [0.05, 0.1) is 0 Å². The van der Waals surface area contributed by atoms with E-state index in [9.17, 15) is 22.8 Å². The van der Waals surface area contributed by atoms with Gasteiger partial charge in [-0.1, -0.05) is 6.92 Å². The molecule has 0 saturated heterocycles. The minimum Gasteiger partial charge on any atom is -0.479 e. The predicted octanol–water partition coefficient (Wildman–Crippen LogP) is 1.83. The number of hydrogen-bond donors (Lipinski definition) is 3. The molecule has 9 heteroatoms. The van der Waals surface area contributed by atoms with Crippen LogP contribution in [-0.4, -0.2) is 46.9 Å². The van der Waals surface area contributed by atoms with E-state index in [0.29, 0.717) is 13.3 Å². The summed E-state index contributed by atoms with van der Waals surface area (Å²) in [6.45, 7) is 2.47. The number of nitrogens with one attached hydrogen (secondary N) is 2. The van der Waals surface area contributed by atoms with E-state index in [1.807, 2.05) is 13.2 Å². The lowest BCUT2D eigenvalue weighted by Gasteiger charge is -2.28. The van der Waals surface area contributed by atoms with Gasteiger partial charge in [-0.15, -0.1) is 0 Å². The first kappa shape index (κ1) is 17.9. The molecule has 3 N–H and O–H groups in total. The number of amides is 2. The van der Waals surface area contributed by atoms with Gasteiger partial charge >= 0.3 is 18.2 Å². The molecule has 2 amide bonds. The van der Waals surface area contributed by atoms with Gasteiger partial charge in [-0.3, -0.25) is 0 Å². The SMILES string of the molecule is CSC(C)CCNC(=O)NC(C)(C(=O)O)C(F)(F)F. The van der Waals surface area contributed by atoms with E-state index in [4.69, 9.17) is 5.11 Å². The minimum absolute atomic E-state index is 0.168. The van der Waals surface area contributed by atoms with Crippen molar-refractivity contribution in [3.63, 3.8) is 0 Å². The van der Waals surface area contributed by atoms with Crippen molar-refractivity contribution in [1.29, 1.82) is 0 Å². The number of aliphatic carboxylic acids is 1. The van der Waals surface area contributed by atoms with Crippen molar-refractivity contribution in [2.45, 2.75) is 37.2 Å². The molecule has 0 aromatic heterocycles. The molecule has 2 unspecified atom stereocenters. The number of carbonyl (C=O) groups excluding carboxylic acids is 1. The molecule has 112 valence electrons. The fourth-order valence-corrected chi connectivity index (χ4v) is 1.38. The van der Waals surface area contributed by atoms with Crippen LogP contribution >= 0.6 is 11.8 Å². The Morgan fingerprint density at radius 1 is 1.37 bits per heavy atom. The van der Waals surface area contributed by atoms with Crippen LogP contribution in [0, 0.1) is 0 Å². The maximum atomic E-state index is 12.6. The molecule has 0 aliphatic carbocycles. The average molecular weight is 302 g/mol. The van der Waals surface area contributed by atoms with Crippen molar-refractivity contribution >= 4 is 23.8 Å². The standard InChI is InChI=1S/C10H17F3N2O3S/c1-6(19-3)4-5-14-8(18)15-9(2,7(16)17)10(11,12)13/h6H,4-5H2,1-3H3,(H,16,17)(H2,14,15,18). The fourth-order valence-electron chi connectivity index (χ4n) is 1.02. The van der Waals surface area contributed by atoms with Crippen molar-refractivity contribution in [3.8, 4) is 0 Å². The van der Waals surface area contributed by atoms with Crippen LogP contribution in [0.5, 0.6) is 0 Å². The summed E-state index contributed by atoms with van der Waals surface area (Å²) >= 11 is 1.55. The van der Waals surface area contributed by atoms with E-state index in [1.54, 1.807) is 11.8 Å². The van der Waals surface area contributed by atoms with Gasteiger partial charge in [0.15, 0.2) is 0 Å². The number of urea groups is 1. The minimum atomic E-state index is -5.08. The predicted molar refractivity (Wildman–Crippen MR) is 66.2 cm³/mol. The van der Waals surface area contributed by atoms with Crippen molar-refractivity contribution in [1.82, 2.24) is 10.6 Å². The van der Waals surface area contributed by atoms with Crippen molar-refractivity contribution in [2.24, 2.45) is 0 Å². The average Bonchev–Trinajstić information content (AvgIpc) is 2.26. The van der Waals surface area contributed by atoms with E-state index in [2.05, 4.69) is 5.32 Å². The summed E-state index contributed by atoms with van der Waals surface area (Å²) in [4.78, 5) is 22.0. The molecule has 0 radical (unpaired) electrons. The summed E-state index contributed by atoms with van der Waals surface area (Å²) in [5.41, 5.74) is -3.30. The van der Waals surface area contributed by atoms with E-state index >= 15 is 0 Å². The molecule has 0 bridgehead atoms. The highest BCUT2D eigenvalue weighted by Gasteiger charge is 2.58. The zero-order valence-electron chi connectivity index (χ0n) is 10.8. The molecule has 0 aliphatic heterocycles. The van der Waals surface area contributed by atoms with Crippen LogP contribution in [-0.2, 0) is 4.79 Å². The number of carbonyl (C=O) groups is 2. The second kappa shape index (κ2) is 6.88. The molecule has 0 rings (SSSR count). The number of carboxylic acid groups (broad SMARTS) is 1. The zero-order valence-corrected chi connectivity index (χ0v) is 11.6. The Morgan fingerprint density at radius 3 is 2.26 bits per heavy atom. The maximum absolute atomic E-state index is 12.6. The lowest BCUT2D eigenvalue weighted by atomic mass is 10.0. The van der Waals surface area contributed by atoms with Crippen LogP contribution in [0.3, 0.4) is 0 Å². The van der Waals surface area contributed by atoms with Crippen LogP contribution in [0.15, 0.2) is 0 Å². The molecule has 2 atom stereocenters. The summed E-state index contributed by atoms with van der Waals surface area (Å²) in [6.07, 6.45) is -2.64. The molecule has 0 heterocycles. The normalized spacial score (nSPS) is 16.3. The first-order valence-electron chi connectivity index (χ1n) is 5.43. The monoisotopic (exact) mass is 302 g/mol. The molecule has 0 aromatic carbocycles. The van der Waals surface area contributed by atoms with E-state index in [-0.39, 0.29) is 11.8 Å². The number of rotatable bonds is 6. The van der Waals surface area contributed by atoms with E-state index in [0.717, 1.165) is 0 Å². The zero-order chi connectivity index (χ0) is 15.3. The van der Waals surface area contributed by atoms with Crippen molar-refractivity contribution in [3.05, 3.63) is 0 Å². The summed E-state index contributed by atoms with van der Waals surface area (Å²) in [5, 5.41) is 12.5. The highest BCUT2D eigenvalue weighted by molar-refractivity contribution is 7.99. The smallest absolute Gasteiger partial charge is 0.422 e.